The SMILES string of the molecule is CCNC(c1cc(F)ccc1Cl)c1ncccc1CC. The molecule has 0 saturated heterocycles. The zero-order chi connectivity index (χ0) is 14.5. The lowest BCUT2D eigenvalue weighted by Gasteiger charge is -2.21. The van der Waals surface area contributed by atoms with Crippen molar-refractivity contribution in [1.82, 2.24) is 10.3 Å². The first kappa shape index (κ1) is 14.9. The van der Waals surface area contributed by atoms with Gasteiger partial charge >= 0.3 is 0 Å². The summed E-state index contributed by atoms with van der Waals surface area (Å²) in [6.45, 7) is 4.84. The predicted molar refractivity (Wildman–Crippen MR) is 80.5 cm³/mol. The Balaban J connectivity index is 2.53. The number of benzene rings is 1. The van der Waals surface area contributed by atoms with E-state index in [-0.39, 0.29) is 11.9 Å². The number of aryl methyl sites for hydroxylation is 1. The van der Waals surface area contributed by atoms with E-state index in [1.807, 2.05) is 19.1 Å². The third-order valence-corrected chi connectivity index (χ3v) is 3.60. The number of nitrogens with one attached hydrogen (secondary N) is 1. The maximum atomic E-state index is 13.5. The van der Waals surface area contributed by atoms with Gasteiger partial charge in [-0.3, -0.25) is 4.98 Å². The van der Waals surface area contributed by atoms with Gasteiger partial charge in [0.1, 0.15) is 5.82 Å². The highest BCUT2D eigenvalue weighted by atomic mass is 35.5. The molecule has 1 aromatic carbocycles. The molecule has 0 radical (unpaired) electrons. The monoisotopic (exact) mass is 292 g/mol. The van der Waals surface area contributed by atoms with Gasteiger partial charge in [-0.15, -0.1) is 0 Å². The molecule has 2 aromatic rings. The molecule has 1 aromatic heterocycles. The van der Waals surface area contributed by atoms with Crippen molar-refractivity contribution in [3.8, 4) is 0 Å². The minimum absolute atomic E-state index is 0.195. The van der Waals surface area contributed by atoms with E-state index < -0.39 is 0 Å². The number of nitrogens with zero attached hydrogens (tertiary/aromatic N) is 1. The first-order valence-corrected chi connectivity index (χ1v) is 7.17. The molecule has 106 valence electrons. The lowest BCUT2D eigenvalue weighted by atomic mass is 9.98. The number of hydrogen-bond donors (Lipinski definition) is 1. The predicted octanol–water partition coefficient (Wildman–Crippen LogP) is 4.14. The standard InChI is InChI=1S/C16H18ClFN2/c1-3-11-6-5-9-20-15(11)16(19-4-2)13-10-12(18)7-8-14(13)17/h5-10,16,19H,3-4H2,1-2H3. The van der Waals surface area contributed by atoms with Crippen LogP contribution in [0.2, 0.25) is 5.02 Å². The number of rotatable bonds is 5. The average molecular weight is 293 g/mol. The van der Waals surface area contributed by atoms with Crippen LogP contribution in [0.15, 0.2) is 36.5 Å². The van der Waals surface area contributed by atoms with Crippen LogP contribution in [0.25, 0.3) is 0 Å². The second-order valence-corrected chi connectivity index (χ2v) is 4.97. The van der Waals surface area contributed by atoms with Crippen LogP contribution in [0.4, 0.5) is 4.39 Å². The Morgan fingerprint density at radius 1 is 1.30 bits per heavy atom. The van der Waals surface area contributed by atoms with Gasteiger partial charge in [0.2, 0.25) is 0 Å². The lowest BCUT2D eigenvalue weighted by molar-refractivity contribution is 0.592. The van der Waals surface area contributed by atoms with Crippen molar-refractivity contribution in [3.63, 3.8) is 0 Å². The summed E-state index contributed by atoms with van der Waals surface area (Å²) in [6, 6.07) is 8.20. The summed E-state index contributed by atoms with van der Waals surface area (Å²) in [5.74, 6) is -0.290. The molecule has 1 heterocycles. The van der Waals surface area contributed by atoms with Gasteiger partial charge in [0.15, 0.2) is 0 Å². The third-order valence-electron chi connectivity index (χ3n) is 3.26. The number of halogens is 2. The summed E-state index contributed by atoms with van der Waals surface area (Å²) < 4.78 is 13.5. The second kappa shape index (κ2) is 6.82. The molecule has 0 saturated carbocycles. The molecule has 4 heteroatoms. The molecule has 1 atom stereocenters. The van der Waals surface area contributed by atoms with E-state index in [1.54, 1.807) is 12.3 Å². The van der Waals surface area contributed by atoms with Crippen LogP contribution in [0.1, 0.15) is 36.7 Å². The number of aromatic nitrogens is 1. The van der Waals surface area contributed by atoms with Gasteiger partial charge in [-0.2, -0.15) is 0 Å². The Kier molecular flexibility index (Phi) is 5.10. The van der Waals surface area contributed by atoms with Gasteiger partial charge < -0.3 is 5.32 Å². The van der Waals surface area contributed by atoms with Crippen molar-refractivity contribution in [3.05, 3.63) is 64.2 Å². The van der Waals surface area contributed by atoms with E-state index in [0.717, 1.165) is 29.8 Å². The van der Waals surface area contributed by atoms with Crippen LogP contribution in [0, 0.1) is 5.82 Å². The smallest absolute Gasteiger partial charge is 0.123 e. The molecule has 2 nitrogen and oxygen atoms in total. The highest BCUT2D eigenvalue weighted by molar-refractivity contribution is 6.31. The molecule has 0 spiro atoms. The maximum absolute atomic E-state index is 13.5. The van der Waals surface area contributed by atoms with E-state index in [1.165, 1.54) is 12.1 Å². The van der Waals surface area contributed by atoms with E-state index >= 15 is 0 Å². The van der Waals surface area contributed by atoms with Gasteiger partial charge in [0.25, 0.3) is 0 Å². The summed E-state index contributed by atoms with van der Waals surface area (Å²) in [6.07, 6.45) is 2.63. The van der Waals surface area contributed by atoms with Crippen LogP contribution in [0.3, 0.4) is 0 Å². The molecule has 1 N–H and O–H groups in total. The van der Waals surface area contributed by atoms with Crippen LogP contribution in [-0.4, -0.2) is 11.5 Å². The Morgan fingerprint density at radius 3 is 2.80 bits per heavy atom. The van der Waals surface area contributed by atoms with Crippen molar-refractivity contribution in [2.75, 3.05) is 6.54 Å². The summed E-state index contributed by atoms with van der Waals surface area (Å²) >= 11 is 6.24. The van der Waals surface area contributed by atoms with Gasteiger partial charge in [-0.05, 0) is 48.4 Å². The largest absolute Gasteiger partial charge is 0.305 e. The molecular formula is C16H18ClFN2. The zero-order valence-corrected chi connectivity index (χ0v) is 12.4. The Hall–Kier alpha value is -1.45. The minimum Gasteiger partial charge on any atom is -0.305 e. The summed E-state index contributed by atoms with van der Waals surface area (Å²) in [5, 5.41) is 3.89. The summed E-state index contributed by atoms with van der Waals surface area (Å²) in [7, 11) is 0. The average Bonchev–Trinajstić information content (AvgIpc) is 2.47. The number of hydrogen-bond acceptors (Lipinski definition) is 2. The zero-order valence-electron chi connectivity index (χ0n) is 11.7. The number of pyridine rings is 1. The molecule has 2 rings (SSSR count). The van der Waals surface area contributed by atoms with Crippen molar-refractivity contribution >= 4 is 11.6 Å². The minimum atomic E-state index is -0.290. The molecule has 0 fully saturated rings. The van der Waals surface area contributed by atoms with E-state index in [4.69, 9.17) is 11.6 Å². The van der Waals surface area contributed by atoms with E-state index in [9.17, 15) is 4.39 Å². The van der Waals surface area contributed by atoms with E-state index in [0.29, 0.717) is 5.02 Å². The van der Waals surface area contributed by atoms with Crippen molar-refractivity contribution in [2.24, 2.45) is 0 Å². The second-order valence-electron chi connectivity index (χ2n) is 4.56. The fourth-order valence-electron chi connectivity index (χ4n) is 2.30. The first-order chi connectivity index (χ1) is 9.67. The highest BCUT2D eigenvalue weighted by Crippen LogP contribution is 2.29. The molecule has 0 aliphatic heterocycles. The summed E-state index contributed by atoms with van der Waals surface area (Å²) in [5.41, 5.74) is 2.77. The van der Waals surface area contributed by atoms with Gasteiger partial charge in [0.05, 0.1) is 11.7 Å². The normalized spacial score (nSPS) is 12.4. The highest BCUT2D eigenvalue weighted by Gasteiger charge is 2.20. The Bertz CT molecular complexity index is 586. The van der Waals surface area contributed by atoms with Crippen LogP contribution in [0.5, 0.6) is 0 Å². The molecule has 0 bridgehead atoms. The maximum Gasteiger partial charge on any atom is 0.123 e. The van der Waals surface area contributed by atoms with Crippen LogP contribution >= 0.6 is 11.6 Å². The molecule has 1 unspecified atom stereocenters. The molecule has 0 amide bonds. The first-order valence-electron chi connectivity index (χ1n) is 6.79. The quantitative estimate of drug-likeness (QED) is 0.896. The third kappa shape index (κ3) is 3.17. The lowest BCUT2D eigenvalue weighted by Crippen LogP contribution is -2.24. The van der Waals surface area contributed by atoms with Crippen molar-refractivity contribution in [2.45, 2.75) is 26.3 Å². The molecular weight excluding hydrogens is 275 g/mol. The van der Waals surface area contributed by atoms with Gasteiger partial charge in [-0.1, -0.05) is 31.5 Å². The van der Waals surface area contributed by atoms with Gasteiger partial charge in [0, 0.05) is 11.2 Å². The van der Waals surface area contributed by atoms with Crippen LogP contribution < -0.4 is 5.32 Å². The Labute approximate surface area is 124 Å². The molecule has 0 aliphatic rings. The van der Waals surface area contributed by atoms with Crippen molar-refractivity contribution in [1.29, 1.82) is 0 Å². The molecule has 20 heavy (non-hydrogen) atoms. The fraction of sp³-hybridized carbons (Fsp3) is 0.312. The summed E-state index contributed by atoms with van der Waals surface area (Å²) in [4.78, 5) is 4.47. The van der Waals surface area contributed by atoms with E-state index in [2.05, 4.69) is 17.2 Å². The Morgan fingerprint density at radius 2 is 2.10 bits per heavy atom. The topological polar surface area (TPSA) is 24.9 Å². The van der Waals surface area contributed by atoms with Gasteiger partial charge in [-0.25, -0.2) is 4.39 Å². The molecule has 0 aliphatic carbocycles. The van der Waals surface area contributed by atoms with Crippen molar-refractivity contribution < 1.29 is 4.39 Å². The van der Waals surface area contributed by atoms with Crippen LogP contribution in [-0.2, 0) is 6.42 Å². The fourth-order valence-corrected chi connectivity index (χ4v) is 2.53.